The summed E-state index contributed by atoms with van der Waals surface area (Å²) in [6.45, 7) is 2.55. The molecule has 8 nitrogen and oxygen atoms in total. The van der Waals surface area contributed by atoms with Crippen LogP contribution in [0.5, 0.6) is 11.5 Å². The van der Waals surface area contributed by atoms with Crippen molar-refractivity contribution in [1.29, 1.82) is 0 Å². The molecule has 0 aromatic heterocycles. The van der Waals surface area contributed by atoms with Crippen LogP contribution < -0.4 is 0 Å². The number of rotatable bonds is 7. The van der Waals surface area contributed by atoms with Crippen molar-refractivity contribution in [1.82, 2.24) is 0 Å². The van der Waals surface area contributed by atoms with E-state index in [0.717, 1.165) is 11.1 Å². The van der Waals surface area contributed by atoms with E-state index >= 15 is 0 Å². The predicted octanol–water partition coefficient (Wildman–Crippen LogP) is 3.90. The molecule has 3 aliphatic rings. The Labute approximate surface area is 180 Å². The van der Waals surface area contributed by atoms with Gasteiger partial charge in [0.15, 0.2) is 0 Å². The summed E-state index contributed by atoms with van der Waals surface area (Å²) in [5.74, 6) is -0.0595. The van der Waals surface area contributed by atoms with Gasteiger partial charge in [-0.1, -0.05) is 31.2 Å². The van der Waals surface area contributed by atoms with Crippen LogP contribution in [-0.4, -0.2) is 42.6 Å². The van der Waals surface area contributed by atoms with E-state index in [9.17, 15) is 19.6 Å². The van der Waals surface area contributed by atoms with E-state index in [1.165, 1.54) is 0 Å². The van der Waals surface area contributed by atoms with Gasteiger partial charge in [-0.3, -0.25) is 18.4 Å². The van der Waals surface area contributed by atoms with Gasteiger partial charge in [-0.15, -0.1) is 0 Å². The Kier molecular flexibility index (Phi) is 5.83. The molecule has 0 amide bonds. The summed E-state index contributed by atoms with van der Waals surface area (Å²) < 4.78 is 32.7. The van der Waals surface area contributed by atoms with Crippen molar-refractivity contribution in [3.05, 3.63) is 59.7 Å². The summed E-state index contributed by atoms with van der Waals surface area (Å²) >= 11 is 0. The second kappa shape index (κ2) is 8.28. The molecule has 0 spiro atoms. The van der Waals surface area contributed by atoms with Crippen LogP contribution in [-0.2, 0) is 33.1 Å². The summed E-state index contributed by atoms with van der Waals surface area (Å²) in [5, 5.41) is 19.3. The molecule has 0 unspecified atom stereocenters. The van der Waals surface area contributed by atoms with Crippen LogP contribution in [0.2, 0.25) is 0 Å². The molecule has 3 heterocycles. The minimum absolute atomic E-state index is 0.0565. The van der Waals surface area contributed by atoms with Gasteiger partial charge in [-0.05, 0) is 41.8 Å². The maximum absolute atomic E-state index is 12.6. The van der Waals surface area contributed by atoms with Gasteiger partial charge in [0.25, 0.3) is 0 Å². The van der Waals surface area contributed by atoms with Crippen molar-refractivity contribution in [2.45, 2.75) is 25.2 Å². The first-order valence-corrected chi connectivity index (χ1v) is 11.5. The monoisotopic (exact) mass is 448 g/mol. The topological polar surface area (TPSA) is 112 Å². The van der Waals surface area contributed by atoms with Gasteiger partial charge in [-0.25, -0.2) is 4.57 Å². The molecule has 2 N–H and O–H groups in total. The minimum atomic E-state index is -3.40. The molecule has 166 valence electrons. The van der Waals surface area contributed by atoms with Gasteiger partial charge < -0.3 is 14.9 Å². The summed E-state index contributed by atoms with van der Waals surface area (Å²) in [5.41, 5.74) is 0.663. The zero-order valence-electron chi connectivity index (χ0n) is 17.2. The molecule has 31 heavy (non-hydrogen) atoms. The zero-order chi connectivity index (χ0) is 22.1. The van der Waals surface area contributed by atoms with Crippen LogP contribution in [0.1, 0.15) is 30.9 Å². The number of fused-ring (bicyclic) bond motifs is 3. The predicted molar refractivity (Wildman–Crippen MR) is 111 cm³/mol. The number of benzene rings is 2. The number of ether oxygens (including phenoxy) is 1. The van der Waals surface area contributed by atoms with Crippen LogP contribution in [0, 0.1) is 5.41 Å². The summed E-state index contributed by atoms with van der Waals surface area (Å²) in [6.07, 6.45) is 0.600. The van der Waals surface area contributed by atoms with E-state index in [4.69, 9.17) is 18.3 Å². The molecule has 2 aromatic rings. The molecule has 0 atom stereocenters. The van der Waals surface area contributed by atoms with Crippen molar-refractivity contribution in [3.8, 4) is 11.5 Å². The Balaban J connectivity index is 1.43. The lowest BCUT2D eigenvalue weighted by atomic mass is 9.73. The van der Waals surface area contributed by atoms with Crippen molar-refractivity contribution in [2.24, 2.45) is 5.41 Å². The molecular weight excluding hydrogens is 423 g/mol. The first-order valence-electron chi connectivity index (χ1n) is 10.0. The Morgan fingerprint density at radius 2 is 1.42 bits per heavy atom. The first kappa shape index (κ1) is 21.8. The third kappa shape index (κ3) is 4.62. The highest BCUT2D eigenvalue weighted by atomic mass is 31.2. The highest BCUT2D eigenvalue weighted by Gasteiger charge is 2.51. The molecule has 0 aliphatic carbocycles. The van der Waals surface area contributed by atoms with E-state index < -0.39 is 18.7 Å². The Morgan fingerprint density at radius 3 is 1.87 bits per heavy atom. The third-order valence-electron chi connectivity index (χ3n) is 5.96. The van der Waals surface area contributed by atoms with Gasteiger partial charge in [0.05, 0.1) is 25.2 Å². The van der Waals surface area contributed by atoms with Gasteiger partial charge in [-0.2, -0.15) is 0 Å². The molecule has 0 radical (unpaired) electrons. The fourth-order valence-corrected chi connectivity index (χ4v) is 5.30. The summed E-state index contributed by atoms with van der Waals surface area (Å²) in [6, 6.07) is 13.7. The number of hydrogen-bond acceptors (Lipinski definition) is 8. The Hall–Kier alpha value is -2.38. The summed E-state index contributed by atoms with van der Waals surface area (Å²) in [7, 11) is -3.40. The van der Waals surface area contributed by atoms with Crippen LogP contribution in [0.4, 0.5) is 0 Å². The highest BCUT2D eigenvalue weighted by molar-refractivity contribution is 7.48. The Bertz CT molecular complexity index is 909. The van der Waals surface area contributed by atoms with Crippen molar-refractivity contribution in [2.75, 3.05) is 26.4 Å². The third-order valence-corrected chi connectivity index (χ3v) is 7.30. The SMILES string of the molecule is CC(CCC(=O)OCC12COP(=O)(OC1)OC2)(c1ccc(O)cc1)c1ccc(O)cc1. The van der Waals surface area contributed by atoms with Gasteiger partial charge in [0.1, 0.15) is 18.1 Å². The lowest BCUT2D eigenvalue weighted by molar-refractivity contribution is -0.160. The number of carbonyl (C=O) groups excluding carboxylic acids is 1. The number of phenols is 2. The average molecular weight is 448 g/mol. The standard InChI is InChI=1S/C22H25O8P/c1-21(16-2-6-18(23)7-3-16,17-4-8-19(24)9-5-17)11-10-20(25)27-12-22-13-28-31(26,29-14-22)30-15-22/h2-9,23-24H,10-15H2,1H3. The van der Waals surface area contributed by atoms with Crippen LogP contribution in [0.15, 0.2) is 48.5 Å². The lowest BCUT2D eigenvalue weighted by Crippen LogP contribution is -2.48. The number of esters is 1. The molecule has 9 heteroatoms. The molecule has 3 aliphatic heterocycles. The van der Waals surface area contributed by atoms with E-state index in [0.29, 0.717) is 6.42 Å². The van der Waals surface area contributed by atoms with Gasteiger partial charge >= 0.3 is 13.8 Å². The number of phenolic OH excluding ortho intramolecular Hbond substituents is 2. The van der Waals surface area contributed by atoms with E-state index in [-0.39, 0.29) is 50.3 Å². The maximum atomic E-state index is 12.6. The quantitative estimate of drug-likeness (QED) is 0.485. The summed E-state index contributed by atoms with van der Waals surface area (Å²) in [4.78, 5) is 12.6. The smallest absolute Gasteiger partial charge is 0.474 e. The average Bonchev–Trinajstić information content (AvgIpc) is 2.78. The van der Waals surface area contributed by atoms with Crippen molar-refractivity contribution < 1.29 is 37.9 Å². The second-order valence-electron chi connectivity index (χ2n) is 8.35. The Morgan fingerprint density at radius 1 is 0.968 bits per heavy atom. The lowest BCUT2D eigenvalue weighted by Gasteiger charge is -2.43. The fourth-order valence-electron chi connectivity index (χ4n) is 3.78. The molecule has 3 fully saturated rings. The molecule has 0 saturated carbocycles. The fraction of sp³-hybridized carbons (Fsp3) is 0.409. The zero-order valence-corrected chi connectivity index (χ0v) is 18.0. The second-order valence-corrected chi connectivity index (χ2v) is 10.0. The maximum Gasteiger partial charge on any atom is 0.474 e. The molecule has 2 aromatic carbocycles. The number of aromatic hydroxyl groups is 2. The van der Waals surface area contributed by atoms with Crippen molar-refractivity contribution in [3.63, 3.8) is 0 Å². The normalized spacial score (nSPS) is 25.3. The number of carbonyl (C=O) groups is 1. The number of phosphoric ester groups is 1. The number of phosphoric acid groups is 1. The van der Waals surface area contributed by atoms with E-state index in [1.54, 1.807) is 24.3 Å². The highest BCUT2D eigenvalue weighted by Crippen LogP contribution is 2.60. The van der Waals surface area contributed by atoms with E-state index in [1.807, 2.05) is 31.2 Å². The minimum Gasteiger partial charge on any atom is -0.508 e. The molecule has 2 bridgehead atoms. The van der Waals surface area contributed by atoms with Gasteiger partial charge in [0.2, 0.25) is 0 Å². The largest absolute Gasteiger partial charge is 0.508 e. The number of hydrogen-bond donors (Lipinski definition) is 2. The van der Waals surface area contributed by atoms with Crippen LogP contribution in [0.25, 0.3) is 0 Å². The van der Waals surface area contributed by atoms with Gasteiger partial charge in [0, 0.05) is 11.8 Å². The molecule has 5 rings (SSSR count). The molecule has 3 saturated heterocycles. The van der Waals surface area contributed by atoms with Crippen LogP contribution >= 0.6 is 7.82 Å². The molecular formula is C22H25O8P. The van der Waals surface area contributed by atoms with E-state index in [2.05, 4.69) is 0 Å². The first-order chi connectivity index (χ1) is 14.7. The van der Waals surface area contributed by atoms with Crippen molar-refractivity contribution >= 4 is 13.8 Å². The van der Waals surface area contributed by atoms with Crippen LogP contribution in [0.3, 0.4) is 0 Å².